The van der Waals surface area contributed by atoms with Crippen LogP contribution in [0.3, 0.4) is 0 Å². The first-order valence-electron chi connectivity index (χ1n) is 20.4. The van der Waals surface area contributed by atoms with Gasteiger partial charge in [0.2, 0.25) is 5.95 Å². The number of anilines is 1. The Balaban J connectivity index is 1.07. The number of fused-ring (bicyclic) bond motifs is 2. The topological polar surface area (TPSA) is 131 Å². The van der Waals surface area contributed by atoms with E-state index in [1.165, 1.54) is 11.1 Å². The fraction of sp³-hybridized carbons (Fsp3) is 0.400. The van der Waals surface area contributed by atoms with Crippen molar-refractivity contribution in [2.24, 2.45) is 5.92 Å². The van der Waals surface area contributed by atoms with Gasteiger partial charge in [-0.3, -0.25) is 19.1 Å². The summed E-state index contributed by atoms with van der Waals surface area (Å²) < 4.78 is 29.3. The van der Waals surface area contributed by atoms with Crippen LogP contribution in [-0.2, 0) is 16.7 Å². The molecule has 4 aliphatic rings. The number of carbonyl (C=O) groups is 1. The normalized spacial score (nSPS) is 22.3. The maximum atomic E-state index is 15.2. The average molecular weight is 784 g/mol. The highest BCUT2D eigenvalue weighted by Gasteiger charge is 2.59. The van der Waals surface area contributed by atoms with Crippen molar-refractivity contribution >= 4 is 22.8 Å². The highest BCUT2D eigenvalue weighted by molar-refractivity contribution is 6.00. The predicted molar refractivity (Wildman–Crippen MR) is 217 cm³/mol. The monoisotopic (exact) mass is 783 g/mol. The molecule has 6 aromatic rings. The third-order valence-corrected chi connectivity index (χ3v) is 13.3. The molecule has 0 unspecified atom stereocenters. The Morgan fingerprint density at radius 3 is 2.33 bits per heavy atom. The number of aryl methyl sites for hydroxylation is 2. The molecule has 3 aromatic carbocycles. The van der Waals surface area contributed by atoms with E-state index in [1.54, 1.807) is 30.5 Å². The van der Waals surface area contributed by atoms with Gasteiger partial charge in [0.05, 0.1) is 17.4 Å². The minimum atomic E-state index is -0.784. The number of aromatic nitrogens is 5. The Labute approximate surface area is 334 Å². The summed E-state index contributed by atoms with van der Waals surface area (Å²) in [4.78, 5) is 54.2. The van der Waals surface area contributed by atoms with E-state index in [-0.39, 0.29) is 29.1 Å². The van der Waals surface area contributed by atoms with Crippen molar-refractivity contribution in [2.75, 3.05) is 37.7 Å². The van der Waals surface area contributed by atoms with Crippen molar-refractivity contribution in [3.63, 3.8) is 0 Å². The van der Waals surface area contributed by atoms with Crippen LogP contribution in [0.1, 0.15) is 101 Å². The number of nitrogens with one attached hydrogen (secondary N) is 1. The molecule has 1 saturated carbocycles. The number of halogens is 1. The molecule has 3 atom stereocenters. The molecule has 58 heavy (non-hydrogen) atoms. The molecule has 2 saturated heterocycles. The molecule has 1 aliphatic carbocycles. The number of hydrogen-bond acceptors (Lipinski definition) is 8. The van der Waals surface area contributed by atoms with Gasteiger partial charge in [-0.05, 0) is 111 Å². The summed E-state index contributed by atoms with van der Waals surface area (Å²) in [6.45, 7) is 10.5. The smallest absolute Gasteiger partial charge is 0.381 e. The van der Waals surface area contributed by atoms with Crippen LogP contribution >= 0.6 is 0 Å². The molecule has 13 heteroatoms. The number of carbonyl (C=O) groups excluding carboxylic acids is 1. The number of hydrogen-bond donors (Lipinski definition) is 1. The highest BCUT2D eigenvalue weighted by atomic mass is 19.1. The fourth-order valence-electron chi connectivity index (χ4n) is 9.89. The molecular formula is C45H46FN7O5. The van der Waals surface area contributed by atoms with Crippen molar-refractivity contribution in [1.29, 1.82) is 0 Å². The van der Waals surface area contributed by atoms with Crippen LogP contribution in [-0.4, -0.2) is 67.9 Å². The first-order chi connectivity index (χ1) is 28.0. The van der Waals surface area contributed by atoms with Crippen molar-refractivity contribution < 1.29 is 18.4 Å². The van der Waals surface area contributed by atoms with Crippen molar-refractivity contribution in [2.45, 2.75) is 76.8 Å². The van der Waals surface area contributed by atoms with Crippen LogP contribution in [0, 0.1) is 25.6 Å². The molecule has 0 spiro atoms. The fourth-order valence-corrected chi connectivity index (χ4v) is 9.89. The van der Waals surface area contributed by atoms with E-state index in [1.807, 2.05) is 36.1 Å². The molecule has 6 heterocycles. The van der Waals surface area contributed by atoms with Gasteiger partial charge in [-0.2, -0.15) is 0 Å². The Hall–Kier alpha value is -5.82. The number of benzene rings is 3. The van der Waals surface area contributed by atoms with Gasteiger partial charge in [0, 0.05) is 55.2 Å². The molecule has 3 aliphatic heterocycles. The summed E-state index contributed by atoms with van der Waals surface area (Å²) in [5.74, 6) is 0.425. The quantitative estimate of drug-likeness (QED) is 0.190. The molecule has 12 nitrogen and oxygen atoms in total. The second kappa shape index (κ2) is 13.6. The average Bonchev–Trinajstić information content (AvgIpc) is 3.48. The van der Waals surface area contributed by atoms with E-state index in [0.29, 0.717) is 83.9 Å². The van der Waals surface area contributed by atoms with Gasteiger partial charge in [0.15, 0.2) is 5.82 Å². The number of nitrogens with zero attached hydrogens (tertiary/aromatic N) is 6. The maximum absolute atomic E-state index is 15.2. The molecule has 298 valence electrons. The van der Waals surface area contributed by atoms with Crippen LogP contribution in [0.4, 0.5) is 10.3 Å². The molecule has 0 radical (unpaired) electrons. The Kier molecular flexibility index (Phi) is 8.59. The summed E-state index contributed by atoms with van der Waals surface area (Å²) in [6, 6.07) is 21.6. The van der Waals surface area contributed by atoms with E-state index < -0.39 is 17.3 Å². The van der Waals surface area contributed by atoms with Crippen LogP contribution in [0.2, 0.25) is 0 Å². The lowest BCUT2D eigenvalue weighted by Crippen LogP contribution is -2.50. The summed E-state index contributed by atoms with van der Waals surface area (Å²) in [6.07, 6.45) is 2.83. The number of aromatic amines is 1. The third kappa shape index (κ3) is 5.68. The summed E-state index contributed by atoms with van der Waals surface area (Å²) >= 11 is 0. The molecule has 0 bridgehead atoms. The minimum Gasteiger partial charge on any atom is -0.381 e. The lowest BCUT2D eigenvalue weighted by atomic mass is 9.91. The van der Waals surface area contributed by atoms with E-state index in [9.17, 15) is 14.0 Å². The number of amides is 1. The molecule has 10 rings (SSSR count). The van der Waals surface area contributed by atoms with E-state index in [0.717, 1.165) is 37.0 Å². The summed E-state index contributed by atoms with van der Waals surface area (Å²) in [7, 11) is 0. The number of H-pyrrole nitrogens is 1. The molecule has 1 amide bonds. The van der Waals surface area contributed by atoms with Gasteiger partial charge < -0.3 is 19.1 Å². The van der Waals surface area contributed by atoms with Gasteiger partial charge in [-0.25, -0.2) is 18.7 Å². The van der Waals surface area contributed by atoms with Crippen molar-refractivity contribution in [3.05, 3.63) is 138 Å². The Morgan fingerprint density at radius 2 is 1.66 bits per heavy atom. The van der Waals surface area contributed by atoms with Gasteiger partial charge >= 0.3 is 5.76 Å². The molecular weight excluding hydrogens is 738 g/mol. The first-order valence-corrected chi connectivity index (χ1v) is 20.4. The van der Waals surface area contributed by atoms with E-state index >= 15 is 4.79 Å². The summed E-state index contributed by atoms with van der Waals surface area (Å²) in [5, 5.41) is 5.09. The third-order valence-electron chi connectivity index (χ3n) is 13.3. The predicted octanol–water partition coefficient (Wildman–Crippen LogP) is 6.66. The second-order valence-corrected chi connectivity index (χ2v) is 16.8. The van der Waals surface area contributed by atoms with Crippen LogP contribution in [0.25, 0.3) is 16.6 Å². The van der Waals surface area contributed by atoms with Crippen LogP contribution < -0.4 is 16.2 Å². The standard InChI is InChI=1S/C45H46FN7O5/c1-25-18-34(19-26(2)38(25)46)52-40(54)35-12-15-51(28(4)39(35)47-43(52)50-23-33(24-50)29-8-6-5-7-9-29)41(55)37-21-32-20-31(30-13-16-57-17-14-30)10-11-36(32)53(37)45(22-27(45)3)42-48-44(56)58-49-42/h5-11,18-21,27-28,30,33H,12-17,22-24H2,1-4H3,(H,48,49,56)/t27-,28-,45+/m0/s1. The lowest BCUT2D eigenvalue weighted by Gasteiger charge is -2.42. The second-order valence-electron chi connectivity index (χ2n) is 16.8. The Bertz CT molecular complexity index is 2700. The van der Waals surface area contributed by atoms with Gasteiger partial charge in [-0.1, -0.05) is 48.5 Å². The Morgan fingerprint density at radius 1 is 0.931 bits per heavy atom. The zero-order chi connectivity index (χ0) is 40.0. The largest absolute Gasteiger partial charge is 0.438 e. The molecule has 3 fully saturated rings. The van der Waals surface area contributed by atoms with Crippen molar-refractivity contribution in [3.8, 4) is 5.69 Å². The lowest BCUT2D eigenvalue weighted by molar-refractivity contribution is 0.0658. The SMILES string of the molecule is Cc1cc(-n2c(N3CC(c4ccccc4)C3)nc3c(c2=O)CCN(C(=O)c2cc4cc(C5CCOCC5)ccc4n2[C@]2(c4noc(=O)[nH]4)C[C@@H]2C)[C@H]3C)cc(C)c1F. The molecule has 1 N–H and O–H groups in total. The number of rotatable bonds is 7. The number of ether oxygens (including phenoxy) is 1. The minimum absolute atomic E-state index is 0.0581. The van der Waals surface area contributed by atoms with Gasteiger partial charge in [-0.15, -0.1) is 0 Å². The van der Waals surface area contributed by atoms with Crippen LogP contribution in [0.15, 0.2) is 80.8 Å². The summed E-state index contributed by atoms with van der Waals surface area (Å²) in [5.41, 5.74) is 5.37. The van der Waals surface area contributed by atoms with Gasteiger partial charge in [0.1, 0.15) is 17.1 Å². The van der Waals surface area contributed by atoms with E-state index in [4.69, 9.17) is 14.2 Å². The zero-order valence-electron chi connectivity index (χ0n) is 33.1. The zero-order valence-corrected chi connectivity index (χ0v) is 33.1. The van der Waals surface area contributed by atoms with Crippen molar-refractivity contribution in [1.82, 2.24) is 29.2 Å². The van der Waals surface area contributed by atoms with E-state index in [2.05, 4.69) is 56.9 Å². The van der Waals surface area contributed by atoms with Crippen LogP contribution in [0.5, 0.6) is 0 Å². The first kappa shape index (κ1) is 36.5. The van der Waals surface area contributed by atoms with Gasteiger partial charge in [0.25, 0.3) is 11.5 Å². The highest BCUT2D eigenvalue weighted by Crippen LogP contribution is 2.56. The molecule has 3 aromatic heterocycles. The maximum Gasteiger partial charge on any atom is 0.438 e.